The largest absolute Gasteiger partial charge is 0.380 e. The third-order valence-electron chi connectivity index (χ3n) is 2.49. The van der Waals surface area contributed by atoms with E-state index in [0.717, 1.165) is 11.3 Å². The van der Waals surface area contributed by atoms with Crippen molar-refractivity contribution in [2.75, 3.05) is 5.73 Å². The van der Waals surface area contributed by atoms with E-state index >= 15 is 0 Å². The summed E-state index contributed by atoms with van der Waals surface area (Å²) in [5.41, 5.74) is 7.85. The highest BCUT2D eigenvalue weighted by atomic mass is 16.1. The minimum atomic E-state index is -0.0964. The molecule has 0 bridgehead atoms. The SMILES string of the molecule is CCC(=O)c1nn(-c2ccc(C)cc2)nc1N. The van der Waals surface area contributed by atoms with Crippen LogP contribution in [0.15, 0.2) is 24.3 Å². The molecular formula is C12H14N4O. The molecule has 5 nitrogen and oxygen atoms in total. The van der Waals surface area contributed by atoms with E-state index in [1.54, 1.807) is 6.92 Å². The average Bonchev–Trinajstić information content (AvgIpc) is 2.71. The monoisotopic (exact) mass is 230 g/mol. The zero-order valence-electron chi connectivity index (χ0n) is 9.84. The summed E-state index contributed by atoms with van der Waals surface area (Å²) >= 11 is 0. The van der Waals surface area contributed by atoms with Gasteiger partial charge in [0, 0.05) is 6.42 Å². The Morgan fingerprint density at radius 1 is 1.29 bits per heavy atom. The highest BCUT2D eigenvalue weighted by Crippen LogP contribution is 2.12. The van der Waals surface area contributed by atoms with Crippen molar-refractivity contribution in [3.63, 3.8) is 0 Å². The molecule has 17 heavy (non-hydrogen) atoms. The Labute approximate surface area is 99.2 Å². The van der Waals surface area contributed by atoms with Crippen molar-refractivity contribution in [2.24, 2.45) is 0 Å². The van der Waals surface area contributed by atoms with E-state index in [2.05, 4.69) is 10.2 Å². The number of hydrogen-bond donors (Lipinski definition) is 1. The summed E-state index contributed by atoms with van der Waals surface area (Å²) < 4.78 is 0. The predicted molar refractivity (Wildman–Crippen MR) is 65.1 cm³/mol. The molecule has 0 radical (unpaired) electrons. The molecule has 0 atom stereocenters. The number of hydrogen-bond acceptors (Lipinski definition) is 4. The Morgan fingerprint density at radius 2 is 1.94 bits per heavy atom. The minimum absolute atomic E-state index is 0.0964. The fourth-order valence-corrected chi connectivity index (χ4v) is 1.48. The van der Waals surface area contributed by atoms with Crippen LogP contribution in [0.2, 0.25) is 0 Å². The molecule has 1 heterocycles. The highest BCUT2D eigenvalue weighted by molar-refractivity contribution is 5.97. The van der Waals surface area contributed by atoms with Crippen LogP contribution in [0.3, 0.4) is 0 Å². The van der Waals surface area contributed by atoms with Crippen LogP contribution < -0.4 is 5.73 Å². The zero-order chi connectivity index (χ0) is 12.4. The summed E-state index contributed by atoms with van der Waals surface area (Å²) in [5, 5.41) is 8.15. The summed E-state index contributed by atoms with van der Waals surface area (Å²) in [6.45, 7) is 3.77. The first-order valence-corrected chi connectivity index (χ1v) is 5.45. The lowest BCUT2D eigenvalue weighted by atomic mass is 10.2. The van der Waals surface area contributed by atoms with Gasteiger partial charge in [-0.25, -0.2) is 0 Å². The number of nitrogens with zero attached hydrogens (tertiary/aromatic N) is 3. The van der Waals surface area contributed by atoms with E-state index < -0.39 is 0 Å². The van der Waals surface area contributed by atoms with Gasteiger partial charge in [-0.2, -0.15) is 0 Å². The number of aryl methyl sites for hydroxylation is 1. The molecule has 0 spiro atoms. The van der Waals surface area contributed by atoms with Crippen molar-refractivity contribution in [3.8, 4) is 5.69 Å². The molecule has 0 aliphatic rings. The molecule has 2 N–H and O–H groups in total. The first kappa shape index (κ1) is 11.3. The molecule has 5 heteroatoms. The molecule has 0 saturated heterocycles. The van der Waals surface area contributed by atoms with Crippen LogP contribution in [0.4, 0.5) is 5.82 Å². The zero-order valence-corrected chi connectivity index (χ0v) is 9.84. The number of nitrogen functional groups attached to an aromatic ring is 1. The quantitative estimate of drug-likeness (QED) is 0.815. The number of benzene rings is 1. The first-order valence-electron chi connectivity index (χ1n) is 5.45. The maximum atomic E-state index is 11.5. The van der Waals surface area contributed by atoms with Crippen LogP contribution in [-0.4, -0.2) is 20.8 Å². The average molecular weight is 230 g/mol. The van der Waals surface area contributed by atoms with Crippen molar-refractivity contribution >= 4 is 11.6 Å². The number of aromatic nitrogens is 3. The van der Waals surface area contributed by atoms with Gasteiger partial charge in [-0.05, 0) is 19.1 Å². The van der Waals surface area contributed by atoms with Gasteiger partial charge in [0.05, 0.1) is 5.69 Å². The lowest BCUT2D eigenvalue weighted by molar-refractivity contribution is 0.0984. The molecule has 1 aromatic heterocycles. The van der Waals surface area contributed by atoms with Crippen LogP contribution in [0.1, 0.15) is 29.4 Å². The summed E-state index contributed by atoms with van der Waals surface area (Å²) in [7, 11) is 0. The van der Waals surface area contributed by atoms with E-state index in [0.29, 0.717) is 6.42 Å². The van der Waals surface area contributed by atoms with Crippen molar-refractivity contribution in [3.05, 3.63) is 35.5 Å². The molecular weight excluding hydrogens is 216 g/mol. The maximum Gasteiger partial charge on any atom is 0.186 e. The van der Waals surface area contributed by atoms with Crippen molar-refractivity contribution in [2.45, 2.75) is 20.3 Å². The molecule has 88 valence electrons. The van der Waals surface area contributed by atoms with Gasteiger partial charge in [-0.1, -0.05) is 24.6 Å². The summed E-state index contributed by atoms with van der Waals surface area (Å²) in [6.07, 6.45) is 0.372. The van der Waals surface area contributed by atoms with Gasteiger partial charge in [-0.15, -0.1) is 15.0 Å². The maximum absolute atomic E-state index is 11.5. The third kappa shape index (κ3) is 2.18. The van der Waals surface area contributed by atoms with Crippen molar-refractivity contribution in [1.29, 1.82) is 0 Å². The van der Waals surface area contributed by atoms with E-state index in [4.69, 9.17) is 5.73 Å². The fraction of sp³-hybridized carbons (Fsp3) is 0.250. The normalized spacial score (nSPS) is 10.5. The van der Waals surface area contributed by atoms with Gasteiger partial charge in [0.1, 0.15) is 0 Å². The van der Waals surface area contributed by atoms with Gasteiger partial charge in [0.15, 0.2) is 17.3 Å². The fourth-order valence-electron chi connectivity index (χ4n) is 1.48. The molecule has 2 aromatic rings. The number of Topliss-reactive ketones (excluding diaryl/α,β-unsaturated/α-hetero) is 1. The van der Waals surface area contributed by atoms with Gasteiger partial charge in [-0.3, -0.25) is 4.79 Å². The number of carbonyl (C=O) groups is 1. The number of anilines is 1. The molecule has 0 aliphatic carbocycles. The molecule has 1 aromatic carbocycles. The van der Waals surface area contributed by atoms with Gasteiger partial charge < -0.3 is 5.73 Å². The number of carbonyl (C=O) groups excluding carboxylic acids is 1. The molecule has 0 saturated carbocycles. The smallest absolute Gasteiger partial charge is 0.186 e. The topological polar surface area (TPSA) is 73.8 Å². The molecule has 0 amide bonds. The molecule has 0 unspecified atom stereocenters. The Kier molecular flexibility index (Phi) is 2.91. The van der Waals surface area contributed by atoms with Crippen LogP contribution in [0, 0.1) is 6.92 Å². The van der Waals surface area contributed by atoms with Gasteiger partial charge >= 0.3 is 0 Å². The highest BCUT2D eigenvalue weighted by Gasteiger charge is 2.15. The Morgan fingerprint density at radius 3 is 2.53 bits per heavy atom. The van der Waals surface area contributed by atoms with Crippen LogP contribution in [-0.2, 0) is 0 Å². The van der Waals surface area contributed by atoms with E-state index in [1.165, 1.54) is 4.80 Å². The molecule has 2 rings (SSSR count). The second-order valence-corrected chi connectivity index (χ2v) is 3.84. The van der Waals surface area contributed by atoms with Crippen molar-refractivity contribution in [1.82, 2.24) is 15.0 Å². The standard InChI is InChI=1S/C12H14N4O/c1-3-10(17)11-12(13)15-16(14-11)9-6-4-8(2)5-7-9/h4-7H,3H2,1-2H3,(H2,13,15). The Bertz CT molecular complexity index is 542. The lowest BCUT2D eigenvalue weighted by Crippen LogP contribution is -2.02. The summed E-state index contributed by atoms with van der Waals surface area (Å²) in [5.74, 6) is 0.0817. The Hall–Kier alpha value is -2.17. The Balaban J connectivity index is 2.41. The van der Waals surface area contributed by atoms with E-state index in [-0.39, 0.29) is 17.3 Å². The molecule has 0 fully saturated rings. The van der Waals surface area contributed by atoms with Crippen LogP contribution >= 0.6 is 0 Å². The van der Waals surface area contributed by atoms with Crippen LogP contribution in [0.25, 0.3) is 5.69 Å². The number of nitrogens with two attached hydrogens (primary N) is 1. The summed E-state index contributed by atoms with van der Waals surface area (Å²) in [4.78, 5) is 12.9. The second kappa shape index (κ2) is 4.37. The number of rotatable bonds is 3. The summed E-state index contributed by atoms with van der Waals surface area (Å²) in [6, 6.07) is 7.68. The first-order chi connectivity index (χ1) is 8.11. The van der Waals surface area contributed by atoms with Crippen LogP contribution in [0.5, 0.6) is 0 Å². The van der Waals surface area contributed by atoms with Gasteiger partial charge in [0.25, 0.3) is 0 Å². The minimum Gasteiger partial charge on any atom is -0.380 e. The van der Waals surface area contributed by atoms with E-state index in [1.807, 2.05) is 31.2 Å². The lowest BCUT2D eigenvalue weighted by Gasteiger charge is -1.98. The molecule has 0 aliphatic heterocycles. The van der Waals surface area contributed by atoms with Crippen molar-refractivity contribution < 1.29 is 4.79 Å². The predicted octanol–water partition coefficient (Wildman–Crippen LogP) is 1.75. The third-order valence-corrected chi connectivity index (χ3v) is 2.49. The second-order valence-electron chi connectivity index (χ2n) is 3.84. The van der Waals surface area contributed by atoms with E-state index in [9.17, 15) is 4.79 Å². The van der Waals surface area contributed by atoms with Gasteiger partial charge in [0.2, 0.25) is 0 Å². The number of ketones is 1.